The second-order valence-electron chi connectivity index (χ2n) is 9.92. The summed E-state index contributed by atoms with van der Waals surface area (Å²) < 4.78 is 16.1. The van der Waals surface area contributed by atoms with Crippen molar-refractivity contribution in [3.05, 3.63) is 65.5 Å². The lowest BCUT2D eigenvalue weighted by Crippen LogP contribution is -2.45. The smallest absolute Gasteiger partial charge is 0.360 e. The molecule has 0 saturated carbocycles. The largest absolute Gasteiger partial charge is 0.471 e. The van der Waals surface area contributed by atoms with Crippen LogP contribution in [-0.2, 0) is 18.7 Å². The summed E-state index contributed by atoms with van der Waals surface area (Å²) in [5.41, 5.74) is 3.21. The normalized spacial score (nSPS) is 17.2. The van der Waals surface area contributed by atoms with Crippen LogP contribution in [-0.4, -0.2) is 86.3 Å². The number of H-pyrrole nitrogens is 1. The third kappa shape index (κ3) is 4.59. The highest BCUT2D eigenvalue weighted by Gasteiger charge is 2.43. The fourth-order valence-corrected chi connectivity index (χ4v) is 5.48. The summed E-state index contributed by atoms with van der Waals surface area (Å²) in [4.78, 5) is 64.1. The maximum absolute atomic E-state index is 13.9. The number of rotatable bonds is 6. The van der Waals surface area contributed by atoms with Crippen molar-refractivity contribution in [2.75, 3.05) is 44.9 Å². The predicted octanol–water partition coefficient (Wildman–Crippen LogP) is 2.52. The van der Waals surface area contributed by atoms with Crippen molar-refractivity contribution in [1.29, 1.82) is 0 Å². The van der Waals surface area contributed by atoms with E-state index in [4.69, 9.17) is 9.97 Å². The van der Waals surface area contributed by atoms with Gasteiger partial charge in [0.1, 0.15) is 6.73 Å². The minimum Gasteiger partial charge on any atom is -0.360 e. The predicted molar refractivity (Wildman–Crippen MR) is 149 cm³/mol. The Morgan fingerprint density at radius 1 is 0.950 bits per heavy atom. The lowest BCUT2D eigenvalue weighted by Gasteiger charge is -2.32. The van der Waals surface area contributed by atoms with Crippen LogP contribution in [0.4, 0.5) is 5.95 Å². The van der Waals surface area contributed by atoms with Gasteiger partial charge in [-0.1, -0.05) is 36.4 Å². The van der Waals surface area contributed by atoms with Crippen LogP contribution in [0.15, 0.2) is 48.7 Å². The first-order chi connectivity index (χ1) is 19.1. The molecule has 0 radical (unpaired) electrons. The van der Waals surface area contributed by atoms with Gasteiger partial charge < -0.3 is 24.6 Å². The SMILES string of the molecule is Cc1cccc2c(C3=C(c4nc(N5CCN(C)CC5)nc5ccccc45)C(=O)N(COP(=O)(O)O)C3=O)c[nH]c12. The number of likely N-dealkylation sites (N-methyl/N-ethyl adjacent to an activating group) is 1. The Balaban J connectivity index is 1.59. The molecule has 40 heavy (non-hydrogen) atoms. The number of amides is 2. The molecule has 206 valence electrons. The molecule has 2 amide bonds. The third-order valence-electron chi connectivity index (χ3n) is 7.33. The molecule has 13 heteroatoms. The molecule has 2 aromatic carbocycles. The zero-order valence-corrected chi connectivity index (χ0v) is 22.8. The number of fused-ring (bicyclic) bond motifs is 2. The van der Waals surface area contributed by atoms with Gasteiger partial charge in [-0.2, -0.15) is 0 Å². The van der Waals surface area contributed by atoms with Crippen LogP contribution >= 0.6 is 7.82 Å². The minimum absolute atomic E-state index is 0.0238. The second kappa shape index (κ2) is 9.92. The Morgan fingerprint density at radius 3 is 2.40 bits per heavy atom. The molecule has 4 heterocycles. The number of piperazine rings is 1. The van der Waals surface area contributed by atoms with Gasteiger partial charge in [0.15, 0.2) is 0 Å². The van der Waals surface area contributed by atoms with Crippen LogP contribution < -0.4 is 4.90 Å². The Morgan fingerprint density at radius 2 is 1.65 bits per heavy atom. The van der Waals surface area contributed by atoms with E-state index in [1.54, 1.807) is 18.3 Å². The van der Waals surface area contributed by atoms with Gasteiger partial charge >= 0.3 is 7.82 Å². The number of aromatic nitrogens is 3. The maximum Gasteiger partial charge on any atom is 0.471 e. The Bertz CT molecular complexity index is 1750. The zero-order chi connectivity index (χ0) is 28.2. The van der Waals surface area contributed by atoms with E-state index in [1.165, 1.54) is 0 Å². The number of hydrogen-bond acceptors (Lipinski definition) is 8. The fraction of sp³-hybridized carbons (Fsp3) is 0.259. The summed E-state index contributed by atoms with van der Waals surface area (Å²) in [6.45, 7) is 4.04. The number of nitrogens with one attached hydrogen (secondary N) is 1. The number of phosphoric ester groups is 1. The number of aryl methyl sites for hydroxylation is 1. The highest BCUT2D eigenvalue weighted by atomic mass is 31.2. The van der Waals surface area contributed by atoms with Gasteiger partial charge in [-0.15, -0.1) is 0 Å². The second-order valence-corrected chi connectivity index (χ2v) is 11.2. The van der Waals surface area contributed by atoms with Crippen LogP contribution in [0.3, 0.4) is 0 Å². The lowest BCUT2D eigenvalue weighted by atomic mass is 9.96. The van der Waals surface area contributed by atoms with E-state index in [2.05, 4.69) is 14.4 Å². The molecule has 0 spiro atoms. The lowest BCUT2D eigenvalue weighted by molar-refractivity contribution is -0.139. The molecule has 0 atom stereocenters. The van der Waals surface area contributed by atoms with Crippen molar-refractivity contribution in [2.45, 2.75) is 6.92 Å². The maximum atomic E-state index is 13.9. The quantitative estimate of drug-likeness (QED) is 0.236. The van der Waals surface area contributed by atoms with Crippen LogP contribution in [0.1, 0.15) is 16.8 Å². The van der Waals surface area contributed by atoms with Gasteiger partial charge in [0.05, 0.1) is 22.4 Å². The molecule has 2 aliphatic heterocycles. The van der Waals surface area contributed by atoms with Crippen molar-refractivity contribution in [2.24, 2.45) is 0 Å². The van der Waals surface area contributed by atoms with Gasteiger partial charge in [-0.25, -0.2) is 19.4 Å². The molecule has 0 aliphatic carbocycles. The molecular weight excluding hydrogens is 535 g/mol. The summed E-state index contributed by atoms with van der Waals surface area (Å²) in [5, 5.41) is 1.30. The Labute approximate surface area is 229 Å². The zero-order valence-electron chi connectivity index (χ0n) is 21.9. The first-order valence-electron chi connectivity index (χ1n) is 12.7. The summed E-state index contributed by atoms with van der Waals surface area (Å²) in [6, 6.07) is 12.9. The number of carbonyl (C=O) groups excluding carboxylic acids is 2. The molecule has 1 saturated heterocycles. The summed E-state index contributed by atoms with van der Waals surface area (Å²) in [5.74, 6) is -1.06. The van der Waals surface area contributed by atoms with Crippen molar-refractivity contribution in [3.63, 3.8) is 0 Å². The van der Waals surface area contributed by atoms with Crippen LogP contribution in [0.25, 0.3) is 33.0 Å². The van der Waals surface area contributed by atoms with Crippen molar-refractivity contribution < 1.29 is 28.5 Å². The Kier molecular flexibility index (Phi) is 6.52. The fourth-order valence-electron chi connectivity index (χ4n) is 5.21. The number of carbonyl (C=O) groups is 2. The van der Waals surface area contributed by atoms with Crippen LogP contribution in [0.2, 0.25) is 0 Å². The number of benzene rings is 2. The van der Waals surface area contributed by atoms with E-state index in [0.29, 0.717) is 40.4 Å². The standard InChI is InChI=1S/C27H27N6O6P/c1-16-6-5-8-17-19(14-28-23(16)17)21-22(26(35)33(25(21)34)15-39-40(36,37)38)24-18-7-3-4-9-20(18)29-27(30-24)32-12-10-31(2)11-13-32/h3-9,14,28H,10-13,15H2,1-2H3,(H2,36,37,38). The van der Waals surface area contributed by atoms with E-state index in [1.807, 2.05) is 49.2 Å². The van der Waals surface area contributed by atoms with Gasteiger partial charge in [0.2, 0.25) is 5.95 Å². The third-order valence-corrected chi connectivity index (χ3v) is 7.78. The first-order valence-corrected chi connectivity index (χ1v) is 14.2. The van der Waals surface area contributed by atoms with Crippen molar-refractivity contribution in [1.82, 2.24) is 24.8 Å². The van der Waals surface area contributed by atoms with Gasteiger partial charge in [-0.05, 0) is 25.6 Å². The molecule has 0 unspecified atom stereocenters. The molecule has 6 rings (SSSR count). The number of para-hydroxylation sites is 2. The summed E-state index contributed by atoms with van der Waals surface area (Å²) in [7, 11) is -2.92. The molecule has 4 aromatic rings. The Hall–Kier alpha value is -3.93. The molecule has 2 aliphatic rings. The number of anilines is 1. The number of imide groups is 1. The minimum atomic E-state index is -4.97. The number of aromatic amines is 1. The van der Waals surface area contributed by atoms with Crippen molar-refractivity contribution >= 4 is 58.5 Å². The molecule has 1 fully saturated rings. The first kappa shape index (κ1) is 26.3. The summed E-state index contributed by atoms with van der Waals surface area (Å²) in [6.07, 6.45) is 1.66. The van der Waals surface area contributed by atoms with E-state index < -0.39 is 26.4 Å². The average molecular weight is 563 g/mol. The number of hydrogen-bond donors (Lipinski definition) is 3. The van der Waals surface area contributed by atoms with Crippen LogP contribution in [0.5, 0.6) is 0 Å². The van der Waals surface area contributed by atoms with E-state index in [9.17, 15) is 23.9 Å². The average Bonchev–Trinajstić information content (AvgIpc) is 3.45. The van der Waals surface area contributed by atoms with Gasteiger partial charge in [0, 0.05) is 54.2 Å². The van der Waals surface area contributed by atoms with Crippen LogP contribution in [0, 0.1) is 6.92 Å². The topological polar surface area (TPSA) is 152 Å². The molecular formula is C27H27N6O6P. The monoisotopic (exact) mass is 562 g/mol. The van der Waals surface area contributed by atoms with E-state index in [-0.39, 0.29) is 16.8 Å². The van der Waals surface area contributed by atoms with E-state index >= 15 is 0 Å². The van der Waals surface area contributed by atoms with Gasteiger partial charge in [0.25, 0.3) is 11.8 Å². The highest BCUT2D eigenvalue weighted by molar-refractivity contribution is 7.46. The number of nitrogens with zero attached hydrogens (tertiary/aromatic N) is 5. The molecule has 2 aromatic heterocycles. The molecule has 12 nitrogen and oxygen atoms in total. The summed E-state index contributed by atoms with van der Waals surface area (Å²) >= 11 is 0. The molecule has 0 bridgehead atoms. The molecule has 3 N–H and O–H groups in total. The van der Waals surface area contributed by atoms with Crippen molar-refractivity contribution in [3.8, 4) is 0 Å². The van der Waals surface area contributed by atoms with E-state index in [0.717, 1.165) is 29.6 Å². The number of phosphoric acid groups is 1. The highest BCUT2D eigenvalue weighted by Crippen LogP contribution is 2.42. The van der Waals surface area contributed by atoms with Gasteiger partial charge in [-0.3, -0.25) is 14.1 Å².